The van der Waals surface area contributed by atoms with Crippen LogP contribution in [0.3, 0.4) is 0 Å². The number of hydrogen-bond donors (Lipinski definition) is 0. The second-order valence-corrected chi connectivity index (χ2v) is 6.35. The fraction of sp³-hybridized carbons (Fsp3) is 0.111. The molecule has 0 unspecified atom stereocenters. The largest absolute Gasteiger partial charge is 0.471 e. The number of halogens is 2. The Hall–Kier alpha value is -2.30. The number of aromatic nitrogens is 2. The van der Waals surface area contributed by atoms with Crippen molar-refractivity contribution in [3.63, 3.8) is 0 Å². The molecule has 4 nitrogen and oxygen atoms in total. The zero-order chi connectivity index (χ0) is 16.7. The molecule has 24 heavy (non-hydrogen) atoms. The highest BCUT2D eigenvalue weighted by Gasteiger charge is 2.20. The molecule has 3 heterocycles. The van der Waals surface area contributed by atoms with Crippen molar-refractivity contribution < 1.29 is 4.74 Å². The molecule has 0 N–H and O–H groups in total. The molecular formula is C18H13Cl2N3O. The van der Waals surface area contributed by atoms with Crippen LogP contribution in [0.15, 0.2) is 53.8 Å². The van der Waals surface area contributed by atoms with Gasteiger partial charge in [0, 0.05) is 23.0 Å². The van der Waals surface area contributed by atoms with E-state index in [1.165, 1.54) is 0 Å². The maximum absolute atomic E-state index is 6.27. The Morgan fingerprint density at radius 2 is 2.04 bits per heavy atom. The molecule has 1 aliphatic rings. The molecule has 0 bridgehead atoms. The number of pyridine rings is 1. The summed E-state index contributed by atoms with van der Waals surface area (Å²) in [6, 6.07) is 11.2. The Morgan fingerprint density at radius 3 is 2.88 bits per heavy atom. The van der Waals surface area contributed by atoms with Crippen LogP contribution in [0.2, 0.25) is 10.0 Å². The molecule has 0 spiro atoms. The van der Waals surface area contributed by atoms with Gasteiger partial charge in [0.2, 0.25) is 5.90 Å². The fourth-order valence-electron chi connectivity index (χ4n) is 2.78. The average Bonchev–Trinajstić information content (AvgIpc) is 3.04. The van der Waals surface area contributed by atoms with Crippen molar-refractivity contribution >= 4 is 34.8 Å². The summed E-state index contributed by atoms with van der Waals surface area (Å²) in [6.45, 7) is 2.42. The number of nitrogens with zero attached hydrogens (tertiary/aromatic N) is 3. The van der Waals surface area contributed by atoms with Crippen LogP contribution in [0.25, 0.3) is 5.82 Å². The first-order valence-electron chi connectivity index (χ1n) is 7.42. The Balaban J connectivity index is 1.83. The van der Waals surface area contributed by atoms with Gasteiger partial charge in [-0.1, -0.05) is 23.2 Å². The topological polar surface area (TPSA) is 39.4 Å². The first-order chi connectivity index (χ1) is 11.6. The second kappa shape index (κ2) is 5.96. The smallest absolute Gasteiger partial charge is 0.239 e. The Labute approximate surface area is 149 Å². The van der Waals surface area contributed by atoms with Gasteiger partial charge in [-0.15, -0.1) is 0 Å². The van der Waals surface area contributed by atoms with Crippen molar-refractivity contribution in [1.29, 1.82) is 0 Å². The summed E-state index contributed by atoms with van der Waals surface area (Å²) in [4.78, 5) is 9.04. The molecule has 0 radical (unpaired) electrons. The van der Waals surface area contributed by atoms with E-state index >= 15 is 0 Å². The first-order valence-corrected chi connectivity index (χ1v) is 8.18. The van der Waals surface area contributed by atoms with Crippen LogP contribution < -0.4 is 0 Å². The Bertz CT molecular complexity index is 963. The van der Waals surface area contributed by atoms with E-state index in [1.807, 2.05) is 42.0 Å². The van der Waals surface area contributed by atoms with Crippen LogP contribution in [0.5, 0.6) is 0 Å². The number of aryl methyl sites for hydroxylation is 1. The van der Waals surface area contributed by atoms with E-state index in [9.17, 15) is 0 Å². The fourth-order valence-corrected chi connectivity index (χ4v) is 3.29. The lowest BCUT2D eigenvalue weighted by Crippen LogP contribution is -2.16. The predicted molar refractivity (Wildman–Crippen MR) is 95.7 cm³/mol. The van der Waals surface area contributed by atoms with Gasteiger partial charge in [-0.3, -0.25) is 4.57 Å². The quantitative estimate of drug-likeness (QED) is 0.640. The normalized spacial score (nSPS) is 13.2. The molecule has 1 aliphatic heterocycles. The number of aliphatic imine (C=N–C) groups is 1. The lowest BCUT2D eigenvalue weighted by atomic mass is 10.1. The molecule has 1 aromatic carbocycles. The van der Waals surface area contributed by atoms with Gasteiger partial charge in [0.15, 0.2) is 5.82 Å². The highest BCUT2D eigenvalue weighted by Crippen LogP contribution is 2.33. The summed E-state index contributed by atoms with van der Waals surface area (Å²) in [5, 5.41) is 1.26. The van der Waals surface area contributed by atoms with E-state index in [4.69, 9.17) is 27.9 Å². The van der Waals surface area contributed by atoms with Gasteiger partial charge >= 0.3 is 0 Å². The van der Waals surface area contributed by atoms with Gasteiger partial charge in [-0.2, -0.15) is 0 Å². The third-order valence-electron chi connectivity index (χ3n) is 3.86. The number of benzene rings is 1. The van der Waals surface area contributed by atoms with Crippen LogP contribution in [0.1, 0.15) is 16.8 Å². The molecule has 0 fully saturated rings. The predicted octanol–water partition coefficient (Wildman–Crippen LogP) is 5.10. The van der Waals surface area contributed by atoms with Gasteiger partial charge < -0.3 is 4.74 Å². The van der Waals surface area contributed by atoms with Crippen LogP contribution in [0, 0.1) is 6.92 Å². The third-order valence-corrected chi connectivity index (χ3v) is 4.37. The van der Waals surface area contributed by atoms with Gasteiger partial charge in [0.25, 0.3) is 0 Å². The molecule has 6 heteroatoms. The molecule has 0 atom stereocenters. The number of rotatable bonds is 2. The van der Waals surface area contributed by atoms with Crippen LogP contribution in [-0.4, -0.2) is 15.4 Å². The van der Waals surface area contributed by atoms with E-state index < -0.39 is 0 Å². The maximum atomic E-state index is 6.27. The van der Waals surface area contributed by atoms with Crippen molar-refractivity contribution in [2.45, 2.75) is 13.5 Å². The number of hydrogen-bond acceptors (Lipinski definition) is 3. The van der Waals surface area contributed by atoms with E-state index in [2.05, 4.69) is 9.98 Å². The number of ether oxygens (including phenoxy) is 1. The molecule has 0 saturated carbocycles. The highest BCUT2D eigenvalue weighted by atomic mass is 35.5. The Kier molecular flexibility index (Phi) is 3.79. The summed E-state index contributed by atoms with van der Waals surface area (Å²) < 4.78 is 7.73. The lowest BCUT2D eigenvalue weighted by Gasteiger charge is -2.20. The zero-order valence-corrected chi connectivity index (χ0v) is 14.3. The molecule has 0 amide bonds. The van der Waals surface area contributed by atoms with Crippen molar-refractivity contribution in [3.8, 4) is 5.82 Å². The summed E-state index contributed by atoms with van der Waals surface area (Å²) in [6.07, 6.45) is 3.59. The molecule has 0 aliphatic carbocycles. The van der Waals surface area contributed by atoms with E-state index in [0.717, 1.165) is 22.5 Å². The minimum atomic E-state index is 0.427. The maximum Gasteiger partial charge on any atom is 0.239 e. The van der Waals surface area contributed by atoms with Crippen molar-refractivity contribution in [2.75, 3.05) is 0 Å². The summed E-state index contributed by atoms with van der Waals surface area (Å²) in [5.74, 6) is 1.18. The zero-order valence-electron chi connectivity index (χ0n) is 12.8. The molecule has 0 saturated heterocycles. The van der Waals surface area contributed by atoms with E-state index in [-0.39, 0.29) is 0 Å². The molecular weight excluding hydrogens is 345 g/mol. The van der Waals surface area contributed by atoms with Gasteiger partial charge in [0.1, 0.15) is 12.3 Å². The third kappa shape index (κ3) is 2.58. The minimum absolute atomic E-state index is 0.427. The SMILES string of the molecule is Cc1cc(Cl)cc2c1N=C(c1cccn1-c1ncccc1Cl)OC2. The standard InChI is InChI=1S/C18H13Cl2N3O/c1-11-8-13(19)9-12-10-24-18(22-16(11)12)15-5-3-7-23(15)17-14(20)4-2-6-21-17/h2-9H,10H2,1H3. The van der Waals surface area contributed by atoms with E-state index in [1.54, 1.807) is 18.3 Å². The van der Waals surface area contributed by atoms with Crippen molar-refractivity contribution in [2.24, 2.45) is 4.99 Å². The number of fused-ring (bicyclic) bond motifs is 1. The second-order valence-electron chi connectivity index (χ2n) is 5.51. The monoisotopic (exact) mass is 357 g/mol. The summed E-state index contributed by atoms with van der Waals surface area (Å²) >= 11 is 12.4. The van der Waals surface area contributed by atoms with Gasteiger partial charge in [0.05, 0.1) is 10.7 Å². The first kappa shape index (κ1) is 15.2. The van der Waals surface area contributed by atoms with Crippen LogP contribution in [0.4, 0.5) is 5.69 Å². The summed E-state index contributed by atoms with van der Waals surface area (Å²) in [5.41, 5.74) is 3.71. The minimum Gasteiger partial charge on any atom is -0.471 e. The van der Waals surface area contributed by atoms with E-state index in [0.29, 0.717) is 28.4 Å². The average molecular weight is 358 g/mol. The van der Waals surface area contributed by atoms with Crippen LogP contribution >= 0.6 is 23.2 Å². The van der Waals surface area contributed by atoms with Gasteiger partial charge in [-0.05, 0) is 48.9 Å². The Morgan fingerprint density at radius 1 is 1.17 bits per heavy atom. The summed E-state index contributed by atoms with van der Waals surface area (Å²) in [7, 11) is 0. The van der Waals surface area contributed by atoms with Crippen molar-refractivity contribution in [1.82, 2.24) is 9.55 Å². The van der Waals surface area contributed by atoms with Gasteiger partial charge in [-0.25, -0.2) is 9.98 Å². The molecule has 2 aromatic heterocycles. The molecule has 3 aromatic rings. The molecule has 4 rings (SSSR count). The highest BCUT2D eigenvalue weighted by molar-refractivity contribution is 6.32. The lowest BCUT2D eigenvalue weighted by molar-refractivity contribution is 0.287. The molecule has 120 valence electrons. The van der Waals surface area contributed by atoms with Crippen LogP contribution in [-0.2, 0) is 11.3 Å². The van der Waals surface area contributed by atoms with Crippen molar-refractivity contribution in [3.05, 3.63) is 75.7 Å².